The van der Waals surface area contributed by atoms with E-state index >= 15 is 0 Å². The molecule has 0 N–H and O–H groups in total. The number of rotatable bonds is 2. The van der Waals surface area contributed by atoms with Crippen molar-refractivity contribution in [1.82, 2.24) is 0 Å². The number of aryl methyl sites for hydroxylation is 1. The van der Waals surface area contributed by atoms with E-state index in [0.29, 0.717) is 0 Å². The second kappa shape index (κ2) is 5.01. The van der Waals surface area contributed by atoms with Gasteiger partial charge in [-0.1, -0.05) is 55.2 Å². The molecule has 0 saturated carbocycles. The van der Waals surface area contributed by atoms with Crippen molar-refractivity contribution in [2.75, 3.05) is 0 Å². The minimum absolute atomic E-state index is 1.01. The number of hydrogen-bond acceptors (Lipinski definition) is 0. The van der Waals surface area contributed by atoms with E-state index in [9.17, 15) is 0 Å². The van der Waals surface area contributed by atoms with Gasteiger partial charge in [-0.3, -0.25) is 0 Å². The Kier molecular flexibility index (Phi) is 3.43. The van der Waals surface area contributed by atoms with Crippen LogP contribution in [-0.4, -0.2) is 0 Å². The Labute approximate surface area is 104 Å². The fourth-order valence-corrected chi connectivity index (χ4v) is 2.22. The minimum Gasteiger partial charge on any atom is -0.0984 e. The van der Waals surface area contributed by atoms with Crippen LogP contribution in [0, 0.1) is 6.92 Å². The molecule has 2 rings (SSSR count). The van der Waals surface area contributed by atoms with Crippen molar-refractivity contribution in [3.05, 3.63) is 71.3 Å². The Bertz CT molecular complexity index is 525. The Balaban J connectivity index is 2.61. The van der Waals surface area contributed by atoms with E-state index in [0.717, 1.165) is 6.42 Å². The van der Waals surface area contributed by atoms with E-state index in [1.165, 1.54) is 27.8 Å². The molecule has 0 unspecified atom stereocenters. The highest BCUT2D eigenvalue weighted by molar-refractivity contribution is 5.85. The molecule has 0 saturated heterocycles. The first-order valence-electron chi connectivity index (χ1n) is 6.00. The average Bonchev–Trinajstić information content (AvgIpc) is 2.53. The summed E-state index contributed by atoms with van der Waals surface area (Å²) >= 11 is 0. The summed E-state index contributed by atoms with van der Waals surface area (Å²) < 4.78 is 0. The smallest absolute Gasteiger partial charge is 0.0106 e. The van der Waals surface area contributed by atoms with Gasteiger partial charge < -0.3 is 0 Å². The molecule has 1 aromatic carbocycles. The maximum atomic E-state index is 3.93. The lowest BCUT2D eigenvalue weighted by molar-refractivity contribution is 1.34. The predicted molar refractivity (Wildman–Crippen MR) is 76.8 cm³/mol. The third kappa shape index (κ3) is 2.31. The maximum Gasteiger partial charge on any atom is -0.0106 e. The summed E-state index contributed by atoms with van der Waals surface area (Å²) in [6.45, 7) is 8.24. The van der Waals surface area contributed by atoms with Crippen LogP contribution in [0.4, 0.5) is 0 Å². The Morgan fingerprint density at radius 3 is 2.82 bits per heavy atom. The van der Waals surface area contributed by atoms with Gasteiger partial charge in [0.1, 0.15) is 0 Å². The molecule has 1 aliphatic carbocycles. The van der Waals surface area contributed by atoms with Crippen LogP contribution in [-0.2, 0) is 0 Å². The largest absolute Gasteiger partial charge is 0.0984 e. The molecule has 0 bridgehead atoms. The molecule has 1 aromatic rings. The second-order valence-corrected chi connectivity index (χ2v) is 4.37. The van der Waals surface area contributed by atoms with Gasteiger partial charge in [0, 0.05) is 0 Å². The van der Waals surface area contributed by atoms with E-state index in [-0.39, 0.29) is 0 Å². The SMILES string of the molecule is C=Cc1c(C)cccc1C1=CC=CCC=C1C. The first kappa shape index (κ1) is 11.7. The molecule has 0 aliphatic heterocycles. The fourth-order valence-electron chi connectivity index (χ4n) is 2.22. The highest BCUT2D eigenvalue weighted by Crippen LogP contribution is 2.30. The van der Waals surface area contributed by atoms with Gasteiger partial charge in [-0.05, 0) is 48.1 Å². The third-order valence-electron chi connectivity index (χ3n) is 3.20. The highest BCUT2D eigenvalue weighted by Gasteiger charge is 2.09. The molecular weight excluding hydrogens is 204 g/mol. The van der Waals surface area contributed by atoms with Gasteiger partial charge in [0.15, 0.2) is 0 Å². The standard InChI is InChI=1S/C17H18/c1-4-15-13(2)10-8-12-17(15)16-11-7-5-6-9-14(16)3/h4-5,7-12H,1,6H2,2-3H3. The van der Waals surface area contributed by atoms with Crippen LogP contribution in [0.2, 0.25) is 0 Å². The van der Waals surface area contributed by atoms with Gasteiger partial charge in [-0.25, -0.2) is 0 Å². The minimum atomic E-state index is 1.01. The van der Waals surface area contributed by atoms with Crippen molar-refractivity contribution in [3.63, 3.8) is 0 Å². The van der Waals surface area contributed by atoms with Gasteiger partial charge in [-0.15, -0.1) is 0 Å². The topological polar surface area (TPSA) is 0 Å². The van der Waals surface area contributed by atoms with Gasteiger partial charge in [-0.2, -0.15) is 0 Å². The normalized spacial score (nSPS) is 14.9. The first-order valence-corrected chi connectivity index (χ1v) is 6.00. The van der Waals surface area contributed by atoms with Crippen molar-refractivity contribution in [1.29, 1.82) is 0 Å². The van der Waals surface area contributed by atoms with Crippen LogP contribution in [0.3, 0.4) is 0 Å². The molecule has 0 spiro atoms. The van der Waals surface area contributed by atoms with E-state index in [4.69, 9.17) is 0 Å². The highest BCUT2D eigenvalue weighted by atomic mass is 14.1. The lowest BCUT2D eigenvalue weighted by Gasteiger charge is -2.13. The molecule has 0 radical (unpaired) electrons. The van der Waals surface area contributed by atoms with Gasteiger partial charge >= 0.3 is 0 Å². The molecule has 0 heteroatoms. The van der Waals surface area contributed by atoms with Crippen molar-refractivity contribution >= 4 is 11.6 Å². The van der Waals surface area contributed by atoms with Crippen LogP contribution >= 0.6 is 0 Å². The van der Waals surface area contributed by atoms with Gasteiger partial charge in [0.05, 0.1) is 0 Å². The molecule has 0 aromatic heterocycles. The van der Waals surface area contributed by atoms with Crippen LogP contribution in [0.5, 0.6) is 0 Å². The van der Waals surface area contributed by atoms with Gasteiger partial charge in [0.2, 0.25) is 0 Å². The molecular formula is C17H18. The van der Waals surface area contributed by atoms with Crippen molar-refractivity contribution in [2.24, 2.45) is 0 Å². The van der Waals surface area contributed by atoms with Crippen molar-refractivity contribution in [2.45, 2.75) is 20.3 Å². The number of hydrogen-bond donors (Lipinski definition) is 0. The summed E-state index contributed by atoms with van der Waals surface area (Å²) in [6.07, 6.45) is 11.7. The first-order chi connectivity index (χ1) is 8.24. The quantitative estimate of drug-likeness (QED) is 0.665. The Morgan fingerprint density at radius 1 is 1.24 bits per heavy atom. The molecule has 0 nitrogen and oxygen atoms in total. The van der Waals surface area contributed by atoms with E-state index < -0.39 is 0 Å². The van der Waals surface area contributed by atoms with Crippen LogP contribution in [0.25, 0.3) is 11.6 Å². The second-order valence-electron chi connectivity index (χ2n) is 4.37. The monoisotopic (exact) mass is 222 g/mol. The zero-order chi connectivity index (χ0) is 12.3. The summed E-state index contributed by atoms with van der Waals surface area (Å²) in [5.74, 6) is 0. The van der Waals surface area contributed by atoms with Crippen LogP contribution in [0.1, 0.15) is 30.0 Å². The molecule has 17 heavy (non-hydrogen) atoms. The zero-order valence-corrected chi connectivity index (χ0v) is 10.5. The maximum absolute atomic E-state index is 3.93. The summed E-state index contributed by atoms with van der Waals surface area (Å²) in [5.41, 5.74) is 6.43. The Morgan fingerprint density at radius 2 is 2.06 bits per heavy atom. The lowest BCUT2D eigenvalue weighted by atomic mass is 9.92. The third-order valence-corrected chi connectivity index (χ3v) is 3.20. The Hall–Kier alpha value is -1.82. The summed E-state index contributed by atoms with van der Waals surface area (Å²) in [5, 5.41) is 0. The molecule has 86 valence electrons. The summed E-state index contributed by atoms with van der Waals surface area (Å²) in [7, 11) is 0. The number of allylic oxidation sites excluding steroid dienone is 6. The average molecular weight is 222 g/mol. The van der Waals surface area contributed by atoms with Crippen LogP contribution < -0.4 is 0 Å². The zero-order valence-electron chi connectivity index (χ0n) is 10.5. The van der Waals surface area contributed by atoms with Crippen molar-refractivity contribution in [3.8, 4) is 0 Å². The predicted octanol–water partition coefficient (Wildman–Crippen LogP) is 4.93. The van der Waals surface area contributed by atoms with Gasteiger partial charge in [0.25, 0.3) is 0 Å². The van der Waals surface area contributed by atoms with Crippen LogP contribution in [0.15, 0.2) is 54.7 Å². The lowest BCUT2D eigenvalue weighted by Crippen LogP contribution is -1.93. The van der Waals surface area contributed by atoms with E-state index in [2.05, 4.69) is 62.9 Å². The summed E-state index contributed by atoms with van der Waals surface area (Å²) in [6, 6.07) is 6.42. The van der Waals surface area contributed by atoms with E-state index in [1.54, 1.807) is 0 Å². The molecule has 0 atom stereocenters. The number of benzene rings is 1. The molecule has 0 fully saturated rings. The van der Waals surface area contributed by atoms with Crippen molar-refractivity contribution < 1.29 is 0 Å². The molecule has 0 amide bonds. The fraction of sp³-hybridized carbons (Fsp3) is 0.176. The summed E-state index contributed by atoms with van der Waals surface area (Å²) in [4.78, 5) is 0. The van der Waals surface area contributed by atoms with E-state index in [1.807, 2.05) is 6.08 Å². The molecule has 1 aliphatic rings. The molecule has 0 heterocycles.